The molecule has 3 heterocycles. The largest absolute Gasteiger partial charge is 0.355 e. The Balaban J connectivity index is 2.22. The van der Waals surface area contributed by atoms with Gasteiger partial charge in [0.15, 0.2) is 5.76 Å². The van der Waals surface area contributed by atoms with Crippen LogP contribution in [0, 0.1) is 6.92 Å². The standard InChI is InChI=1S/C11H7ClN2OS/c1-6-4-9(15-14-6)10-5-8-11(16-10)7(12)2-3-13-8/h2-5H,1H3. The van der Waals surface area contributed by atoms with E-state index >= 15 is 0 Å². The first-order chi connectivity index (χ1) is 7.74. The Labute approximate surface area is 101 Å². The Morgan fingerprint density at radius 3 is 2.94 bits per heavy atom. The van der Waals surface area contributed by atoms with Crippen LogP contribution < -0.4 is 0 Å². The van der Waals surface area contributed by atoms with Crippen LogP contribution in [0.2, 0.25) is 5.02 Å². The van der Waals surface area contributed by atoms with Crippen molar-refractivity contribution in [2.45, 2.75) is 6.92 Å². The lowest BCUT2D eigenvalue weighted by atomic mass is 10.3. The van der Waals surface area contributed by atoms with E-state index in [1.54, 1.807) is 23.6 Å². The molecule has 0 saturated heterocycles. The lowest BCUT2D eigenvalue weighted by Crippen LogP contribution is -1.70. The number of aromatic nitrogens is 2. The lowest BCUT2D eigenvalue weighted by molar-refractivity contribution is 0.428. The molecular formula is C11H7ClN2OS. The van der Waals surface area contributed by atoms with Crippen molar-refractivity contribution in [1.82, 2.24) is 10.1 Å². The minimum Gasteiger partial charge on any atom is -0.355 e. The molecule has 0 N–H and O–H groups in total. The molecule has 16 heavy (non-hydrogen) atoms. The summed E-state index contributed by atoms with van der Waals surface area (Å²) in [5.74, 6) is 0.761. The Kier molecular flexibility index (Phi) is 2.19. The van der Waals surface area contributed by atoms with Gasteiger partial charge in [0, 0.05) is 12.3 Å². The molecule has 0 spiro atoms. The van der Waals surface area contributed by atoms with Crippen molar-refractivity contribution in [3.05, 3.63) is 35.1 Å². The van der Waals surface area contributed by atoms with Crippen molar-refractivity contribution in [3.63, 3.8) is 0 Å². The predicted molar refractivity (Wildman–Crippen MR) is 64.9 cm³/mol. The summed E-state index contributed by atoms with van der Waals surface area (Å²) in [4.78, 5) is 5.26. The summed E-state index contributed by atoms with van der Waals surface area (Å²) >= 11 is 7.65. The summed E-state index contributed by atoms with van der Waals surface area (Å²) in [6.45, 7) is 1.89. The highest BCUT2D eigenvalue weighted by Gasteiger charge is 2.11. The van der Waals surface area contributed by atoms with Gasteiger partial charge in [-0.25, -0.2) is 0 Å². The van der Waals surface area contributed by atoms with Crippen molar-refractivity contribution in [1.29, 1.82) is 0 Å². The average molecular weight is 251 g/mol. The van der Waals surface area contributed by atoms with E-state index in [-0.39, 0.29) is 0 Å². The highest BCUT2D eigenvalue weighted by Crippen LogP contribution is 2.36. The minimum atomic E-state index is 0.720. The van der Waals surface area contributed by atoms with Gasteiger partial charge in [0.25, 0.3) is 0 Å². The maximum Gasteiger partial charge on any atom is 0.177 e. The summed E-state index contributed by atoms with van der Waals surface area (Å²) in [5, 5.41) is 4.58. The molecule has 0 bridgehead atoms. The number of thiophene rings is 1. The van der Waals surface area contributed by atoms with Crippen LogP contribution in [0.1, 0.15) is 5.69 Å². The maximum atomic E-state index is 6.09. The normalized spacial score (nSPS) is 11.1. The second-order valence-electron chi connectivity index (χ2n) is 3.45. The third-order valence-corrected chi connectivity index (χ3v) is 3.83. The lowest BCUT2D eigenvalue weighted by Gasteiger charge is -1.88. The molecule has 0 aliphatic rings. The second-order valence-corrected chi connectivity index (χ2v) is 4.91. The molecule has 0 unspecified atom stereocenters. The number of hydrogen-bond acceptors (Lipinski definition) is 4. The first kappa shape index (κ1) is 9.81. The maximum absolute atomic E-state index is 6.09. The number of pyridine rings is 1. The fraction of sp³-hybridized carbons (Fsp3) is 0.0909. The van der Waals surface area contributed by atoms with Crippen LogP contribution in [0.15, 0.2) is 28.9 Å². The molecule has 0 radical (unpaired) electrons. The van der Waals surface area contributed by atoms with Gasteiger partial charge in [0.1, 0.15) is 0 Å². The van der Waals surface area contributed by atoms with Crippen molar-refractivity contribution in [2.24, 2.45) is 0 Å². The van der Waals surface area contributed by atoms with Crippen LogP contribution in [0.25, 0.3) is 20.9 Å². The SMILES string of the molecule is Cc1cc(-c2cc3nccc(Cl)c3s2)on1. The van der Waals surface area contributed by atoms with Crippen molar-refractivity contribution >= 4 is 33.2 Å². The first-order valence-corrected chi connectivity index (χ1v) is 5.91. The Bertz CT molecular complexity index is 659. The molecule has 0 fully saturated rings. The zero-order valence-electron chi connectivity index (χ0n) is 8.40. The quantitative estimate of drug-likeness (QED) is 0.657. The second kappa shape index (κ2) is 3.57. The van der Waals surface area contributed by atoms with E-state index in [0.717, 1.165) is 31.6 Å². The zero-order valence-corrected chi connectivity index (χ0v) is 9.97. The molecule has 3 aromatic heterocycles. The van der Waals surface area contributed by atoms with E-state index in [9.17, 15) is 0 Å². The van der Waals surface area contributed by atoms with Crippen LogP contribution in [0.5, 0.6) is 0 Å². The monoisotopic (exact) mass is 250 g/mol. The molecule has 0 saturated carbocycles. The molecule has 0 atom stereocenters. The van der Waals surface area contributed by atoms with Gasteiger partial charge >= 0.3 is 0 Å². The third-order valence-electron chi connectivity index (χ3n) is 2.23. The Morgan fingerprint density at radius 2 is 2.25 bits per heavy atom. The molecule has 80 valence electrons. The molecule has 0 amide bonds. The van der Waals surface area contributed by atoms with E-state index in [1.807, 2.05) is 19.1 Å². The Morgan fingerprint density at radius 1 is 1.38 bits per heavy atom. The number of rotatable bonds is 1. The van der Waals surface area contributed by atoms with Gasteiger partial charge in [-0.15, -0.1) is 11.3 Å². The molecule has 3 aromatic rings. The van der Waals surface area contributed by atoms with Crippen LogP contribution in [-0.2, 0) is 0 Å². The summed E-state index contributed by atoms with van der Waals surface area (Å²) < 4.78 is 6.19. The summed E-state index contributed by atoms with van der Waals surface area (Å²) in [7, 11) is 0. The molecule has 0 aliphatic carbocycles. The fourth-order valence-electron chi connectivity index (χ4n) is 1.51. The van der Waals surface area contributed by atoms with Crippen molar-refractivity contribution in [3.8, 4) is 10.6 Å². The topological polar surface area (TPSA) is 38.9 Å². The van der Waals surface area contributed by atoms with Gasteiger partial charge in [0.2, 0.25) is 0 Å². The average Bonchev–Trinajstić information content (AvgIpc) is 2.84. The number of halogens is 1. The van der Waals surface area contributed by atoms with E-state index in [2.05, 4.69) is 10.1 Å². The first-order valence-electron chi connectivity index (χ1n) is 4.72. The van der Waals surface area contributed by atoms with Crippen LogP contribution in [-0.4, -0.2) is 10.1 Å². The number of hydrogen-bond donors (Lipinski definition) is 0. The zero-order chi connectivity index (χ0) is 11.1. The molecule has 5 heteroatoms. The highest BCUT2D eigenvalue weighted by atomic mass is 35.5. The third kappa shape index (κ3) is 1.50. The minimum absolute atomic E-state index is 0.720. The summed E-state index contributed by atoms with van der Waals surface area (Å²) in [6.07, 6.45) is 1.70. The van der Waals surface area contributed by atoms with Crippen LogP contribution in [0.3, 0.4) is 0 Å². The predicted octanol–water partition coefficient (Wildman–Crippen LogP) is 3.91. The van der Waals surface area contributed by atoms with E-state index < -0.39 is 0 Å². The number of fused-ring (bicyclic) bond motifs is 1. The van der Waals surface area contributed by atoms with Gasteiger partial charge in [-0.2, -0.15) is 0 Å². The summed E-state index contributed by atoms with van der Waals surface area (Å²) in [6, 6.07) is 5.65. The number of nitrogens with zero attached hydrogens (tertiary/aromatic N) is 2. The molecule has 0 aromatic carbocycles. The van der Waals surface area contributed by atoms with Crippen molar-refractivity contribution < 1.29 is 4.52 Å². The van der Waals surface area contributed by atoms with Gasteiger partial charge in [-0.1, -0.05) is 16.8 Å². The Hall–Kier alpha value is -1.39. The highest BCUT2D eigenvalue weighted by molar-refractivity contribution is 7.22. The smallest absolute Gasteiger partial charge is 0.177 e. The number of aryl methyl sites for hydroxylation is 1. The van der Waals surface area contributed by atoms with E-state index in [1.165, 1.54) is 0 Å². The molecule has 0 aliphatic heterocycles. The van der Waals surface area contributed by atoms with Crippen molar-refractivity contribution in [2.75, 3.05) is 0 Å². The van der Waals surface area contributed by atoms with Crippen LogP contribution >= 0.6 is 22.9 Å². The molecular weight excluding hydrogens is 244 g/mol. The summed E-state index contributed by atoms with van der Waals surface area (Å²) in [5.41, 5.74) is 1.76. The van der Waals surface area contributed by atoms with Gasteiger partial charge in [-0.05, 0) is 19.1 Å². The van der Waals surface area contributed by atoms with E-state index in [4.69, 9.17) is 16.1 Å². The fourth-order valence-corrected chi connectivity index (χ4v) is 2.75. The molecule has 3 rings (SSSR count). The van der Waals surface area contributed by atoms with E-state index in [0.29, 0.717) is 0 Å². The molecule has 3 nitrogen and oxygen atoms in total. The van der Waals surface area contributed by atoms with Gasteiger partial charge < -0.3 is 4.52 Å². The van der Waals surface area contributed by atoms with Gasteiger partial charge in [-0.3, -0.25) is 4.98 Å². The van der Waals surface area contributed by atoms with Crippen LogP contribution in [0.4, 0.5) is 0 Å². The van der Waals surface area contributed by atoms with Gasteiger partial charge in [0.05, 0.1) is 25.8 Å².